The maximum atomic E-state index is 4.37. The van der Waals surface area contributed by atoms with Crippen molar-refractivity contribution in [3.05, 3.63) is 12.2 Å². The fourth-order valence-electron chi connectivity index (χ4n) is 1.96. The third-order valence-electron chi connectivity index (χ3n) is 2.96. The largest absolute Gasteiger partial charge is 0.312 e. The molecular weight excluding hydrogens is 224 g/mol. The monoisotopic (exact) mass is 252 g/mol. The second kappa shape index (κ2) is 6.32. The summed E-state index contributed by atoms with van der Waals surface area (Å²) in [4.78, 5) is 4.37. The van der Waals surface area contributed by atoms with Gasteiger partial charge in [0.1, 0.15) is 12.2 Å². The third kappa shape index (κ3) is 5.17. The lowest BCUT2D eigenvalue weighted by Crippen LogP contribution is -2.37. The summed E-state index contributed by atoms with van der Waals surface area (Å²) in [6, 6.07) is 0.391. The van der Waals surface area contributed by atoms with E-state index in [0.29, 0.717) is 12.0 Å². The second-order valence-corrected chi connectivity index (χ2v) is 6.49. The smallest absolute Gasteiger partial charge is 0.138 e. The lowest BCUT2D eigenvalue weighted by atomic mass is 10.0. The van der Waals surface area contributed by atoms with E-state index in [2.05, 4.69) is 56.9 Å². The van der Waals surface area contributed by atoms with Gasteiger partial charge in [-0.05, 0) is 53.5 Å². The standard InChI is InChI=1S/C14H28N4/c1-11(2)18-13(15-10-17-18)9-12(3)7-8-16-14(4,5)6/h10-12,16H,7-9H2,1-6H3. The molecule has 0 bridgehead atoms. The first-order valence-electron chi connectivity index (χ1n) is 6.93. The van der Waals surface area contributed by atoms with Gasteiger partial charge < -0.3 is 5.32 Å². The summed E-state index contributed by atoms with van der Waals surface area (Å²) in [5.74, 6) is 1.73. The van der Waals surface area contributed by atoms with Gasteiger partial charge in [0.2, 0.25) is 0 Å². The molecule has 18 heavy (non-hydrogen) atoms. The number of nitrogens with zero attached hydrogens (tertiary/aromatic N) is 3. The highest BCUT2D eigenvalue weighted by Crippen LogP contribution is 2.13. The molecule has 1 rings (SSSR count). The average Bonchev–Trinajstić information content (AvgIpc) is 2.63. The van der Waals surface area contributed by atoms with E-state index in [9.17, 15) is 0 Å². The van der Waals surface area contributed by atoms with E-state index in [1.54, 1.807) is 6.33 Å². The van der Waals surface area contributed by atoms with Crippen LogP contribution in [0.15, 0.2) is 6.33 Å². The molecule has 1 atom stereocenters. The van der Waals surface area contributed by atoms with Gasteiger partial charge in [-0.1, -0.05) is 6.92 Å². The number of nitrogens with one attached hydrogen (secondary N) is 1. The van der Waals surface area contributed by atoms with E-state index in [1.807, 2.05) is 4.68 Å². The maximum absolute atomic E-state index is 4.37. The molecule has 0 aliphatic carbocycles. The third-order valence-corrected chi connectivity index (χ3v) is 2.96. The van der Waals surface area contributed by atoms with Crippen LogP contribution < -0.4 is 5.32 Å². The van der Waals surface area contributed by atoms with Crippen LogP contribution in [0.5, 0.6) is 0 Å². The summed E-state index contributed by atoms with van der Waals surface area (Å²) in [6.07, 6.45) is 3.84. The van der Waals surface area contributed by atoms with Crippen LogP contribution in [0.4, 0.5) is 0 Å². The Balaban J connectivity index is 2.40. The van der Waals surface area contributed by atoms with Gasteiger partial charge in [0, 0.05) is 18.0 Å². The van der Waals surface area contributed by atoms with Gasteiger partial charge in [0.05, 0.1) is 0 Å². The van der Waals surface area contributed by atoms with Gasteiger partial charge in [-0.15, -0.1) is 0 Å². The Morgan fingerprint density at radius 2 is 1.94 bits per heavy atom. The van der Waals surface area contributed by atoms with Crippen molar-refractivity contribution in [2.45, 2.75) is 66.0 Å². The highest BCUT2D eigenvalue weighted by atomic mass is 15.3. The molecule has 4 heteroatoms. The van der Waals surface area contributed by atoms with E-state index < -0.39 is 0 Å². The fourth-order valence-corrected chi connectivity index (χ4v) is 1.96. The molecule has 1 unspecified atom stereocenters. The van der Waals surface area contributed by atoms with Crippen LogP contribution in [-0.4, -0.2) is 26.8 Å². The van der Waals surface area contributed by atoms with Crippen LogP contribution in [0.2, 0.25) is 0 Å². The predicted octanol–water partition coefficient (Wildman–Crippen LogP) is 2.82. The molecule has 4 nitrogen and oxygen atoms in total. The topological polar surface area (TPSA) is 42.7 Å². The Morgan fingerprint density at radius 1 is 1.28 bits per heavy atom. The molecular formula is C14H28N4. The average molecular weight is 252 g/mol. The molecule has 1 N–H and O–H groups in total. The molecule has 1 aromatic heterocycles. The quantitative estimate of drug-likeness (QED) is 0.846. The van der Waals surface area contributed by atoms with Crippen molar-refractivity contribution >= 4 is 0 Å². The molecule has 0 fully saturated rings. The van der Waals surface area contributed by atoms with Crippen molar-refractivity contribution in [3.8, 4) is 0 Å². The van der Waals surface area contributed by atoms with Crippen LogP contribution in [-0.2, 0) is 6.42 Å². The minimum absolute atomic E-state index is 0.206. The van der Waals surface area contributed by atoms with Crippen LogP contribution in [0.1, 0.15) is 59.8 Å². The summed E-state index contributed by atoms with van der Waals surface area (Å²) >= 11 is 0. The molecule has 0 aliphatic rings. The Kier molecular flexibility index (Phi) is 5.32. The van der Waals surface area contributed by atoms with Gasteiger partial charge in [-0.2, -0.15) is 5.10 Å². The molecule has 0 saturated heterocycles. The van der Waals surface area contributed by atoms with Crippen molar-refractivity contribution < 1.29 is 0 Å². The van der Waals surface area contributed by atoms with E-state index in [-0.39, 0.29) is 5.54 Å². The zero-order chi connectivity index (χ0) is 13.8. The summed E-state index contributed by atoms with van der Waals surface area (Å²) in [6.45, 7) is 14.2. The molecule has 0 radical (unpaired) electrons. The Hall–Kier alpha value is -0.900. The number of hydrogen-bond donors (Lipinski definition) is 1. The molecule has 104 valence electrons. The van der Waals surface area contributed by atoms with Crippen LogP contribution >= 0.6 is 0 Å². The van der Waals surface area contributed by atoms with Crippen molar-refractivity contribution in [3.63, 3.8) is 0 Å². The second-order valence-electron chi connectivity index (χ2n) is 6.49. The SMILES string of the molecule is CC(CCNC(C)(C)C)Cc1ncnn1C(C)C. The maximum Gasteiger partial charge on any atom is 0.138 e. The van der Waals surface area contributed by atoms with Crippen molar-refractivity contribution in [2.24, 2.45) is 5.92 Å². The Morgan fingerprint density at radius 3 is 2.50 bits per heavy atom. The Bertz CT molecular complexity index is 349. The zero-order valence-corrected chi connectivity index (χ0v) is 12.7. The Labute approximate surface area is 111 Å². The van der Waals surface area contributed by atoms with Crippen molar-refractivity contribution in [1.29, 1.82) is 0 Å². The molecule has 1 aromatic rings. The summed E-state index contributed by atoms with van der Waals surface area (Å²) in [7, 11) is 0. The van der Waals surface area contributed by atoms with Crippen LogP contribution in [0.25, 0.3) is 0 Å². The number of aromatic nitrogens is 3. The van der Waals surface area contributed by atoms with Gasteiger partial charge in [-0.25, -0.2) is 9.67 Å². The van der Waals surface area contributed by atoms with Crippen molar-refractivity contribution in [1.82, 2.24) is 20.1 Å². The fraction of sp³-hybridized carbons (Fsp3) is 0.857. The molecule has 0 aliphatic heterocycles. The lowest BCUT2D eigenvalue weighted by molar-refractivity contribution is 0.386. The van der Waals surface area contributed by atoms with Gasteiger partial charge >= 0.3 is 0 Å². The first-order chi connectivity index (χ1) is 8.29. The van der Waals surface area contributed by atoms with E-state index >= 15 is 0 Å². The van der Waals surface area contributed by atoms with Gasteiger partial charge in [0.25, 0.3) is 0 Å². The van der Waals surface area contributed by atoms with Crippen molar-refractivity contribution in [2.75, 3.05) is 6.54 Å². The molecule has 0 spiro atoms. The van der Waals surface area contributed by atoms with Crippen LogP contribution in [0, 0.1) is 5.92 Å². The summed E-state index contributed by atoms with van der Waals surface area (Å²) in [5, 5.41) is 7.81. The first-order valence-corrected chi connectivity index (χ1v) is 6.93. The van der Waals surface area contributed by atoms with Gasteiger partial charge in [0.15, 0.2) is 0 Å². The zero-order valence-electron chi connectivity index (χ0n) is 12.7. The number of rotatable bonds is 6. The lowest BCUT2D eigenvalue weighted by Gasteiger charge is -2.22. The molecule has 0 saturated carbocycles. The normalized spacial score (nSPS) is 14.2. The highest BCUT2D eigenvalue weighted by Gasteiger charge is 2.13. The molecule has 0 aromatic carbocycles. The van der Waals surface area contributed by atoms with E-state index in [1.165, 1.54) is 6.42 Å². The van der Waals surface area contributed by atoms with E-state index in [4.69, 9.17) is 0 Å². The minimum Gasteiger partial charge on any atom is -0.312 e. The number of hydrogen-bond acceptors (Lipinski definition) is 3. The molecule has 1 heterocycles. The summed E-state index contributed by atoms with van der Waals surface area (Å²) < 4.78 is 2.02. The predicted molar refractivity (Wildman–Crippen MR) is 75.6 cm³/mol. The van der Waals surface area contributed by atoms with Crippen LogP contribution in [0.3, 0.4) is 0 Å². The van der Waals surface area contributed by atoms with Gasteiger partial charge in [-0.3, -0.25) is 0 Å². The minimum atomic E-state index is 0.206. The summed E-state index contributed by atoms with van der Waals surface area (Å²) in [5.41, 5.74) is 0.206. The van der Waals surface area contributed by atoms with E-state index in [0.717, 1.165) is 18.8 Å². The molecule has 0 amide bonds. The first kappa shape index (κ1) is 15.2. The highest BCUT2D eigenvalue weighted by molar-refractivity contribution is 4.88.